The van der Waals surface area contributed by atoms with Crippen LogP contribution < -0.4 is 15.8 Å². The van der Waals surface area contributed by atoms with Crippen LogP contribution in [0.4, 0.5) is 10.5 Å². The molecule has 6 heteroatoms. The summed E-state index contributed by atoms with van der Waals surface area (Å²) in [4.78, 5) is 15.7. The van der Waals surface area contributed by atoms with Gasteiger partial charge in [0.05, 0.1) is 12.8 Å². The first-order valence-corrected chi connectivity index (χ1v) is 7.43. The average molecular weight is 325 g/mol. The van der Waals surface area contributed by atoms with Crippen LogP contribution in [0.2, 0.25) is 0 Å². The Morgan fingerprint density at radius 3 is 2.79 bits per heavy atom. The normalized spacial score (nSPS) is 9.54. The Kier molecular flexibility index (Phi) is 6.47. The number of carbonyl (C=O) groups is 1. The number of amides is 1. The minimum Gasteiger partial charge on any atom is -0.479 e. The number of benzene rings is 1. The molecule has 0 bridgehead atoms. The highest BCUT2D eigenvalue weighted by molar-refractivity contribution is 5.67. The predicted octanol–water partition coefficient (Wildman–Crippen LogP) is 2.34. The van der Waals surface area contributed by atoms with Crippen molar-refractivity contribution in [3.8, 4) is 17.7 Å². The second-order valence-corrected chi connectivity index (χ2v) is 4.84. The van der Waals surface area contributed by atoms with Crippen molar-refractivity contribution in [3.05, 3.63) is 53.7 Å². The molecule has 6 nitrogen and oxygen atoms in total. The number of pyridine rings is 1. The number of aromatic nitrogens is 1. The minimum atomic E-state index is -0.465. The molecule has 0 radical (unpaired) electrons. The molecule has 1 aromatic carbocycles. The fourth-order valence-corrected chi connectivity index (χ4v) is 1.84. The van der Waals surface area contributed by atoms with Gasteiger partial charge in [0.1, 0.15) is 12.3 Å². The van der Waals surface area contributed by atoms with Crippen molar-refractivity contribution in [1.29, 1.82) is 0 Å². The van der Waals surface area contributed by atoms with E-state index >= 15 is 0 Å². The number of hydrogen-bond acceptors (Lipinski definition) is 5. The predicted molar refractivity (Wildman–Crippen MR) is 91.3 cm³/mol. The smallest absolute Gasteiger partial charge is 0.407 e. The van der Waals surface area contributed by atoms with E-state index in [9.17, 15) is 4.79 Å². The van der Waals surface area contributed by atoms with Crippen molar-refractivity contribution < 1.29 is 14.3 Å². The highest BCUT2D eigenvalue weighted by atomic mass is 16.5. The lowest BCUT2D eigenvalue weighted by Gasteiger charge is -2.05. The SMILES string of the molecule is COc1nc(C#CCCNC(=O)OCc2ccccc2)ccc1N. The zero-order chi connectivity index (χ0) is 17.2. The van der Waals surface area contributed by atoms with Gasteiger partial charge in [0.15, 0.2) is 0 Å². The summed E-state index contributed by atoms with van der Waals surface area (Å²) >= 11 is 0. The first-order valence-electron chi connectivity index (χ1n) is 7.43. The summed E-state index contributed by atoms with van der Waals surface area (Å²) in [6, 6.07) is 12.9. The highest BCUT2D eigenvalue weighted by Crippen LogP contribution is 2.16. The van der Waals surface area contributed by atoms with Crippen LogP contribution in [-0.4, -0.2) is 24.7 Å². The summed E-state index contributed by atoms with van der Waals surface area (Å²) < 4.78 is 10.1. The Morgan fingerprint density at radius 1 is 1.25 bits per heavy atom. The van der Waals surface area contributed by atoms with Gasteiger partial charge in [0.25, 0.3) is 0 Å². The van der Waals surface area contributed by atoms with Crippen molar-refractivity contribution in [3.63, 3.8) is 0 Å². The van der Waals surface area contributed by atoms with Gasteiger partial charge in [0.2, 0.25) is 5.88 Å². The zero-order valence-electron chi connectivity index (χ0n) is 13.4. The summed E-state index contributed by atoms with van der Waals surface area (Å²) in [7, 11) is 1.50. The fraction of sp³-hybridized carbons (Fsp3) is 0.222. The van der Waals surface area contributed by atoms with Crippen LogP contribution in [0.25, 0.3) is 0 Å². The van der Waals surface area contributed by atoms with Gasteiger partial charge in [0, 0.05) is 13.0 Å². The molecular formula is C18H19N3O3. The molecule has 124 valence electrons. The molecule has 0 aliphatic carbocycles. The standard InChI is InChI=1S/C18H19N3O3/c1-23-17-16(19)11-10-15(21-17)9-5-6-12-20-18(22)24-13-14-7-3-2-4-8-14/h2-4,7-8,10-11H,6,12-13,19H2,1H3,(H,20,22). The first-order chi connectivity index (χ1) is 11.7. The maximum absolute atomic E-state index is 11.5. The van der Waals surface area contributed by atoms with Crippen LogP contribution in [0, 0.1) is 11.8 Å². The molecule has 1 heterocycles. The minimum absolute atomic E-state index is 0.244. The van der Waals surface area contributed by atoms with Crippen molar-refractivity contribution >= 4 is 11.8 Å². The van der Waals surface area contributed by atoms with E-state index in [0.717, 1.165) is 5.56 Å². The Bertz CT molecular complexity index is 736. The van der Waals surface area contributed by atoms with E-state index < -0.39 is 6.09 Å². The van der Waals surface area contributed by atoms with Gasteiger partial charge in [-0.05, 0) is 23.6 Å². The Hall–Kier alpha value is -3.20. The van der Waals surface area contributed by atoms with Gasteiger partial charge >= 0.3 is 6.09 Å². The molecule has 0 aliphatic rings. The lowest BCUT2D eigenvalue weighted by atomic mass is 10.2. The van der Waals surface area contributed by atoms with Crippen LogP contribution in [0.1, 0.15) is 17.7 Å². The van der Waals surface area contributed by atoms with Gasteiger partial charge in [-0.25, -0.2) is 9.78 Å². The number of nitrogens with one attached hydrogen (secondary N) is 1. The maximum atomic E-state index is 11.5. The summed E-state index contributed by atoms with van der Waals surface area (Å²) in [5.74, 6) is 6.16. The summed E-state index contributed by atoms with van der Waals surface area (Å²) in [6.45, 7) is 0.639. The summed E-state index contributed by atoms with van der Waals surface area (Å²) in [5.41, 5.74) is 7.65. The summed E-state index contributed by atoms with van der Waals surface area (Å²) in [6.07, 6.45) is 0.0161. The second-order valence-electron chi connectivity index (χ2n) is 4.84. The van der Waals surface area contributed by atoms with Gasteiger partial charge in [-0.2, -0.15) is 0 Å². The molecule has 0 fully saturated rings. The van der Waals surface area contributed by atoms with Crippen LogP contribution in [0.5, 0.6) is 5.88 Å². The average Bonchev–Trinajstić information content (AvgIpc) is 2.62. The van der Waals surface area contributed by atoms with E-state index in [1.165, 1.54) is 7.11 Å². The maximum Gasteiger partial charge on any atom is 0.407 e. The molecule has 0 atom stereocenters. The van der Waals surface area contributed by atoms with Crippen molar-refractivity contribution in [2.45, 2.75) is 13.0 Å². The Labute approximate surface area is 141 Å². The number of alkyl carbamates (subject to hydrolysis) is 1. The van der Waals surface area contributed by atoms with E-state index in [1.54, 1.807) is 12.1 Å². The molecule has 1 aromatic heterocycles. The van der Waals surface area contributed by atoms with E-state index in [1.807, 2.05) is 30.3 Å². The molecule has 0 unspecified atom stereocenters. The van der Waals surface area contributed by atoms with Crippen LogP contribution in [-0.2, 0) is 11.3 Å². The van der Waals surface area contributed by atoms with Crippen LogP contribution in [0.3, 0.4) is 0 Å². The van der Waals surface area contributed by atoms with E-state index in [0.29, 0.717) is 30.2 Å². The lowest BCUT2D eigenvalue weighted by Crippen LogP contribution is -2.24. The van der Waals surface area contributed by atoms with Gasteiger partial charge < -0.3 is 20.5 Å². The molecule has 0 aliphatic heterocycles. The van der Waals surface area contributed by atoms with Crippen molar-refractivity contribution in [2.75, 3.05) is 19.4 Å². The molecule has 0 spiro atoms. The number of methoxy groups -OCH3 is 1. The second kappa shape index (κ2) is 9.06. The topological polar surface area (TPSA) is 86.5 Å². The number of hydrogen-bond donors (Lipinski definition) is 2. The number of carbonyl (C=O) groups excluding carboxylic acids is 1. The third kappa shape index (κ3) is 5.54. The molecule has 3 N–H and O–H groups in total. The van der Waals surface area contributed by atoms with E-state index in [4.69, 9.17) is 15.2 Å². The molecular weight excluding hydrogens is 306 g/mol. The van der Waals surface area contributed by atoms with E-state index in [2.05, 4.69) is 22.1 Å². The van der Waals surface area contributed by atoms with E-state index in [-0.39, 0.29) is 6.61 Å². The Morgan fingerprint density at radius 2 is 2.04 bits per heavy atom. The summed E-state index contributed by atoms with van der Waals surface area (Å²) in [5, 5.41) is 2.64. The Balaban J connectivity index is 1.70. The number of nitrogens with two attached hydrogens (primary N) is 1. The lowest BCUT2D eigenvalue weighted by molar-refractivity contribution is 0.140. The quantitative estimate of drug-likeness (QED) is 0.651. The van der Waals surface area contributed by atoms with Gasteiger partial charge in [-0.1, -0.05) is 36.3 Å². The fourth-order valence-electron chi connectivity index (χ4n) is 1.84. The van der Waals surface area contributed by atoms with Gasteiger partial charge in [-0.3, -0.25) is 0 Å². The molecule has 0 saturated heterocycles. The molecule has 2 rings (SSSR count). The zero-order valence-corrected chi connectivity index (χ0v) is 13.4. The number of nitrogens with zero attached hydrogens (tertiary/aromatic N) is 1. The molecule has 1 amide bonds. The monoisotopic (exact) mass is 325 g/mol. The van der Waals surface area contributed by atoms with Gasteiger partial charge in [-0.15, -0.1) is 0 Å². The van der Waals surface area contributed by atoms with Crippen molar-refractivity contribution in [1.82, 2.24) is 10.3 Å². The number of nitrogen functional groups attached to an aromatic ring is 1. The highest BCUT2D eigenvalue weighted by Gasteiger charge is 2.02. The van der Waals surface area contributed by atoms with Crippen LogP contribution in [0.15, 0.2) is 42.5 Å². The van der Waals surface area contributed by atoms with Crippen LogP contribution >= 0.6 is 0 Å². The van der Waals surface area contributed by atoms with Crippen molar-refractivity contribution in [2.24, 2.45) is 0 Å². The molecule has 24 heavy (non-hydrogen) atoms. The molecule has 0 saturated carbocycles. The number of rotatable bonds is 5. The third-order valence-electron chi connectivity index (χ3n) is 3.03. The third-order valence-corrected chi connectivity index (χ3v) is 3.03. The largest absolute Gasteiger partial charge is 0.479 e. The number of anilines is 1. The first kappa shape index (κ1) is 17.2. The number of ether oxygens (including phenoxy) is 2. The molecule has 2 aromatic rings.